The standard InChI is InChI=1S/C10H9BF3N3O2S/c1-2-19-9(18)17-8(20)16-7-5(11)3-4-6(15-7)10(12,13)14/h3-4H,2H2,1H3,(H2,15,16,17,18,20). The molecule has 0 saturated carbocycles. The number of thiocarbonyl (C=S) groups is 1. The molecular weight excluding hydrogens is 294 g/mol. The highest BCUT2D eigenvalue weighted by molar-refractivity contribution is 7.80. The van der Waals surface area contributed by atoms with Crippen molar-refractivity contribution in [1.82, 2.24) is 10.3 Å². The van der Waals surface area contributed by atoms with Crippen LogP contribution in [0.5, 0.6) is 0 Å². The molecule has 20 heavy (non-hydrogen) atoms. The van der Waals surface area contributed by atoms with E-state index in [9.17, 15) is 18.0 Å². The smallest absolute Gasteiger partial charge is 0.433 e. The van der Waals surface area contributed by atoms with Crippen molar-refractivity contribution < 1.29 is 22.7 Å². The quantitative estimate of drug-likeness (QED) is 0.637. The van der Waals surface area contributed by atoms with Crippen molar-refractivity contribution in [2.24, 2.45) is 0 Å². The first-order chi connectivity index (χ1) is 9.24. The monoisotopic (exact) mass is 303 g/mol. The number of anilines is 1. The van der Waals surface area contributed by atoms with E-state index >= 15 is 0 Å². The van der Waals surface area contributed by atoms with Crippen LogP contribution in [-0.2, 0) is 10.9 Å². The number of ether oxygens (including phenoxy) is 1. The molecule has 0 aromatic carbocycles. The minimum absolute atomic E-state index is 0.0500. The van der Waals surface area contributed by atoms with Crippen LogP contribution in [0.25, 0.3) is 0 Å². The van der Waals surface area contributed by atoms with Crippen LogP contribution >= 0.6 is 12.2 Å². The second-order valence-electron chi connectivity index (χ2n) is 3.43. The highest BCUT2D eigenvalue weighted by Crippen LogP contribution is 2.27. The first-order valence-electron chi connectivity index (χ1n) is 5.32. The highest BCUT2D eigenvalue weighted by Gasteiger charge is 2.32. The summed E-state index contributed by atoms with van der Waals surface area (Å²) >= 11 is 4.72. The van der Waals surface area contributed by atoms with E-state index in [4.69, 9.17) is 20.1 Å². The molecule has 0 atom stereocenters. The molecule has 106 valence electrons. The summed E-state index contributed by atoms with van der Waals surface area (Å²) in [4.78, 5) is 14.4. The number of hydrogen-bond acceptors (Lipinski definition) is 4. The number of rotatable bonds is 2. The van der Waals surface area contributed by atoms with Crippen molar-refractivity contribution in [3.05, 3.63) is 17.8 Å². The predicted octanol–water partition coefficient (Wildman–Crippen LogP) is 1.34. The number of carbonyl (C=O) groups is 1. The van der Waals surface area contributed by atoms with Crippen LogP contribution in [-0.4, -0.2) is 30.6 Å². The molecule has 2 N–H and O–H groups in total. The average molecular weight is 303 g/mol. The van der Waals surface area contributed by atoms with Gasteiger partial charge in [0.05, 0.1) is 6.61 Å². The van der Waals surface area contributed by atoms with Gasteiger partial charge in [0.25, 0.3) is 0 Å². The maximum absolute atomic E-state index is 12.5. The Hall–Kier alpha value is -1.84. The van der Waals surface area contributed by atoms with Gasteiger partial charge in [0.15, 0.2) is 5.11 Å². The molecule has 0 fully saturated rings. The number of carbonyl (C=O) groups excluding carboxylic acids is 1. The minimum atomic E-state index is -4.61. The SMILES string of the molecule is [B]c1ccc(C(F)(F)F)nc1NC(=S)NC(=O)OCC. The Morgan fingerprint density at radius 3 is 2.70 bits per heavy atom. The fraction of sp³-hybridized carbons (Fsp3) is 0.300. The third-order valence-electron chi connectivity index (χ3n) is 1.94. The number of hydrogen-bond donors (Lipinski definition) is 2. The van der Waals surface area contributed by atoms with E-state index in [0.29, 0.717) is 0 Å². The van der Waals surface area contributed by atoms with Gasteiger partial charge in [0, 0.05) is 0 Å². The fourth-order valence-electron chi connectivity index (χ4n) is 1.13. The molecule has 1 heterocycles. The van der Waals surface area contributed by atoms with Crippen molar-refractivity contribution in [2.45, 2.75) is 13.1 Å². The molecule has 0 bridgehead atoms. The molecule has 1 aromatic rings. The van der Waals surface area contributed by atoms with Gasteiger partial charge in [0.1, 0.15) is 19.4 Å². The van der Waals surface area contributed by atoms with Crippen molar-refractivity contribution in [3.8, 4) is 0 Å². The van der Waals surface area contributed by atoms with Crippen molar-refractivity contribution >= 4 is 42.6 Å². The van der Waals surface area contributed by atoms with Crippen molar-refractivity contribution in [3.63, 3.8) is 0 Å². The number of pyridine rings is 1. The molecule has 5 nitrogen and oxygen atoms in total. The van der Waals surface area contributed by atoms with Gasteiger partial charge in [-0.3, -0.25) is 5.32 Å². The van der Waals surface area contributed by atoms with Crippen LogP contribution in [0.3, 0.4) is 0 Å². The summed E-state index contributed by atoms with van der Waals surface area (Å²) < 4.78 is 42.0. The topological polar surface area (TPSA) is 63.2 Å². The molecule has 1 aromatic heterocycles. The van der Waals surface area contributed by atoms with Gasteiger partial charge in [-0.1, -0.05) is 11.5 Å². The predicted molar refractivity (Wildman–Crippen MR) is 71.0 cm³/mol. The fourth-order valence-corrected chi connectivity index (χ4v) is 1.31. The largest absolute Gasteiger partial charge is 0.450 e. The van der Waals surface area contributed by atoms with E-state index < -0.39 is 18.0 Å². The van der Waals surface area contributed by atoms with Crippen LogP contribution in [0, 0.1) is 0 Å². The number of alkyl carbamates (subject to hydrolysis) is 1. The summed E-state index contributed by atoms with van der Waals surface area (Å²) in [5.41, 5.74) is -1.18. The number of amides is 1. The van der Waals surface area contributed by atoms with Crippen molar-refractivity contribution in [1.29, 1.82) is 0 Å². The second kappa shape index (κ2) is 6.55. The lowest BCUT2D eigenvalue weighted by Crippen LogP contribution is -2.36. The zero-order chi connectivity index (χ0) is 15.3. The number of halogens is 3. The van der Waals surface area contributed by atoms with E-state index in [2.05, 4.69) is 20.4 Å². The van der Waals surface area contributed by atoms with E-state index in [0.717, 1.165) is 12.1 Å². The van der Waals surface area contributed by atoms with E-state index in [1.165, 1.54) is 0 Å². The van der Waals surface area contributed by atoms with E-state index in [1.807, 2.05) is 0 Å². The molecule has 1 amide bonds. The molecule has 1 rings (SSSR count). The lowest BCUT2D eigenvalue weighted by molar-refractivity contribution is -0.141. The third-order valence-corrected chi connectivity index (χ3v) is 2.14. The Bertz CT molecular complexity index is 525. The van der Waals surface area contributed by atoms with Crippen LogP contribution < -0.4 is 16.1 Å². The molecule has 0 unspecified atom stereocenters. The summed E-state index contributed by atoms with van der Waals surface area (Å²) in [5.74, 6) is -0.304. The Kier molecular flexibility index (Phi) is 5.31. The van der Waals surface area contributed by atoms with Gasteiger partial charge in [-0.25, -0.2) is 9.78 Å². The van der Waals surface area contributed by atoms with Gasteiger partial charge in [-0.15, -0.1) is 0 Å². The third kappa shape index (κ3) is 4.69. The molecule has 0 aliphatic carbocycles. The molecule has 10 heteroatoms. The lowest BCUT2D eigenvalue weighted by Gasteiger charge is -2.13. The summed E-state index contributed by atoms with van der Waals surface area (Å²) in [7, 11) is 5.47. The number of aromatic nitrogens is 1. The van der Waals surface area contributed by atoms with Gasteiger partial charge >= 0.3 is 12.3 Å². The molecule has 0 aliphatic rings. The average Bonchev–Trinajstić information content (AvgIpc) is 2.30. The Morgan fingerprint density at radius 1 is 1.50 bits per heavy atom. The number of nitrogens with zero attached hydrogens (tertiary/aromatic N) is 1. The molecular formula is C10H9BF3N3O2S. The van der Waals surface area contributed by atoms with Gasteiger partial charge < -0.3 is 10.1 Å². The zero-order valence-corrected chi connectivity index (χ0v) is 11.1. The molecule has 2 radical (unpaired) electrons. The second-order valence-corrected chi connectivity index (χ2v) is 3.84. The normalized spacial score (nSPS) is 10.8. The van der Waals surface area contributed by atoms with Crippen LogP contribution in [0.4, 0.5) is 23.8 Å². The van der Waals surface area contributed by atoms with E-state index in [-0.39, 0.29) is 23.0 Å². The minimum Gasteiger partial charge on any atom is -0.450 e. The molecule has 0 spiro atoms. The summed E-state index contributed by atoms with van der Waals surface area (Å²) in [6.07, 6.45) is -5.45. The van der Waals surface area contributed by atoms with Crippen molar-refractivity contribution in [2.75, 3.05) is 11.9 Å². The van der Waals surface area contributed by atoms with Gasteiger partial charge in [-0.05, 0) is 25.2 Å². The van der Waals surface area contributed by atoms with Crippen LogP contribution in [0.15, 0.2) is 12.1 Å². The number of alkyl halides is 3. The zero-order valence-electron chi connectivity index (χ0n) is 10.2. The Morgan fingerprint density at radius 2 is 2.15 bits per heavy atom. The Balaban J connectivity index is 2.81. The maximum Gasteiger partial charge on any atom is 0.433 e. The van der Waals surface area contributed by atoms with E-state index in [1.54, 1.807) is 6.92 Å². The van der Waals surface area contributed by atoms with Gasteiger partial charge in [0.2, 0.25) is 0 Å². The first kappa shape index (κ1) is 16.2. The molecule has 0 aliphatic heterocycles. The lowest BCUT2D eigenvalue weighted by atomic mass is 9.96. The number of nitrogens with one attached hydrogen (secondary N) is 2. The summed E-state index contributed by atoms with van der Waals surface area (Å²) in [5, 5.41) is 4.12. The van der Waals surface area contributed by atoms with Crippen LogP contribution in [0.1, 0.15) is 12.6 Å². The maximum atomic E-state index is 12.5. The summed E-state index contributed by atoms with van der Waals surface area (Å²) in [6, 6.07) is 1.77. The van der Waals surface area contributed by atoms with Crippen LogP contribution in [0.2, 0.25) is 0 Å². The molecule has 0 saturated heterocycles. The first-order valence-corrected chi connectivity index (χ1v) is 5.73. The summed E-state index contributed by atoms with van der Waals surface area (Å²) in [6.45, 7) is 1.71. The van der Waals surface area contributed by atoms with Gasteiger partial charge in [-0.2, -0.15) is 13.2 Å². The highest BCUT2D eigenvalue weighted by atomic mass is 32.1. The Labute approximate surface area is 119 Å².